The molecule has 1 aliphatic rings. The molecule has 0 bridgehead atoms. The van der Waals surface area contributed by atoms with E-state index in [1.165, 1.54) is 18.9 Å². The molecule has 2 aromatic rings. The van der Waals surface area contributed by atoms with E-state index in [-0.39, 0.29) is 18.3 Å². The van der Waals surface area contributed by atoms with Crippen molar-refractivity contribution in [1.82, 2.24) is 9.88 Å². The zero-order valence-corrected chi connectivity index (χ0v) is 12.5. The van der Waals surface area contributed by atoms with E-state index in [4.69, 9.17) is 5.73 Å². The lowest BCUT2D eigenvalue weighted by atomic mass is 10.1. The fraction of sp³-hybridized carbons (Fsp3) is 0.412. The summed E-state index contributed by atoms with van der Waals surface area (Å²) >= 11 is 0. The molecule has 0 unspecified atom stereocenters. The van der Waals surface area contributed by atoms with Gasteiger partial charge >= 0.3 is 0 Å². The number of carbonyl (C=O) groups is 1. The van der Waals surface area contributed by atoms with Gasteiger partial charge < -0.3 is 5.73 Å². The van der Waals surface area contributed by atoms with Crippen LogP contribution in [0.1, 0.15) is 31.2 Å². The highest BCUT2D eigenvalue weighted by molar-refractivity contribution is 5.82. The van der Waals surface area contributed by atoms with Gasteiger partial charge in [0.15, 0.2) is 0 Å². The highest BCUT2D eigenvalue weighted by Gasteiger charge is 2.24. The molecule has 0 aliphatic heterocycles. The molecule has 4 nitrogen and oxygen atoms in total. The molecule has 0 atom stereocenters. The van der Waals surface area contributed by atoms with Crippen molar-refractivity contribution in [3.05, 3.63) is 41.8 Å². The van der Waals surface area contributed by atoms with Crippen LogP contribution in [0.3, 0.4) is 0 Å². The zero-order valence-electron chi connectivity index (χ0n) is 12.5. The minimum atomic E-state index is -0.328. The highest BCUT2D eigenvalue weighted by atomic mass is 19.1. The lowest BCUT2D eigenvalue weighted by molar-refractivity contribution is -0.119. The van der Waals surface area contributed by atoms with Crippen LogP contribution >= 0.6 is 0 Å². The Labute approximate surface area is 129 Å². The third-order valence-corrected chi connectivity index (χ3v) is 4.37. The number of hydrogen-bond donors (Lipinski definition) is 1. The summed E-state index contributed by atoms with van der Waals surface area (Å²) in [6.45, 7) is 0.803. The first-order chi connectivity index (χ1) is 10.6. The van der Waals surface area contributed by atoms with E-state index in [1.807, 2.05) is 0 Å². The number of aromatic nitrogens is 1. The Morgan fingerprint density at radius 1 is 1.32 bits per heavy atom. The summed E-state index contributed by atoms with van der Waals surface area (Å²) in [5.74, 6) is -0.597. The molecule has 1 aromatic heterocycles. The highest BCUT2D eigenvalue weighted by Crippen LogP contribution is 2.27. The zero-order chi connectivity index (χ0) is 15.5. The van der Waals surface area contributed by atoms with E-state index in [0.717, 1.165) is 18.4 Å². The van der Waals surface area contributed by atoms with E-state index in [1.54, 1.807) is 24.4 Å². The molecule has 2 N–H and O–H groups in total. The van der Waals surface area contributed by atoms with Gasteiger partial charge in [-0.2, -0.15) is 0 Å². The Kier molecular flexibility index (Phi) is 4.34. The van der Waals surface area contributed by atoms with Crippen LogP contribution in [0, 0.1) is 5.82 Å². The van der Waals surface area contributed by atoms with Gasteiger partial charge in [0.2, 0.25) is 5.91 Å². The third-order valence-electron chi connectivity index (χ3n) is 4.37. The van der Waals surface area contributed by atoms with Crippen molar-refractivity contribution in [2.75, 3.05) is 6.54 Å². The standard InChI is InChI=1S/C17H20FN3O/c18-15-8-7-12(17-14(15)6-3-9-20-17)10-21(11-16(19)22)13-4-1-2-5-13/h3,6-9,13H,1-2,4-5,10-11H2,(H2,19,22). The number of pyridine rings is 1. The number of rotatable bonds is 5. The molecule has 3 rings (SSSR count). The molecule has 1 heterocycles. The average Bonchev–Trinajstić information content (AvgIpc) is 3.03. The largest absolute Gasteiger partial charge is 0.369 e. The number of amides is 1. The van der Waals surface area contributed by atoms with Gasteiger partial charge in [0.1, 0.15) is 5.82 Å². The Morgan fingerprint density at radius 3 is 2.82 bits per heavy atom. The molecule has 1 aromatic carbocycles. The lowest BCUT2D eigenvalue weighted by Crippen LogP contribution is -2.39. The molecule has 116 valence electrons. The monoisotopic (exact) mass is 301 g/mol. The number of fused-ring (bicyclic) bond motifs is 1. The molecule has 1 amide bonds. The van der Waals surface area contributed by atoms with E-state index in [9.17, 15) is 9.18 Å². The Morgan fingerprint density at radius 2 is 2.09 bits per heavy atom. The summed E-state index contributed by atoms with van der Waals surface area (Å²) in [5, 5.41) is 0.519. The molecular formula is C17H20FN3O. The number of nitrogens with zero attached hydrogens (tertiary/aromatic N) is 2. The molecule has 1 fully saturated rings. The van der Waals surface area contributed by atoms with Gasteiger partial charge in [0.25, 0.3) is 0 Å². The normalized spacial score (nSPS) is 15.7. The number of benzene rings is 1. The van der Waals surface area contributed by atoms with Crippen molar-refractivity contribution in [3.8, 4) is 0 Å². The van der Waals surface area contributed by atoms with Crippen molar-refractivity contribution >= 4 is 16.8 Å². The van der Waals surface area contributed by atoms with Gasteiger partial charge in [0.05, 0.1) is 12.1 Å². The maximum atomic E-state index is 13.9. The van der Waals surface area contributed by atoms with Crippen molar-refractivity contribution in [1.29, 1.82) is 0 Å². The number of halogens is 1. The SMILES string of the molecule is NC(=O)CN(Cc1ccc(F)c2cccnc12)C1CCCC1. The summed E-state index contributed by atoms with van der Waals surface area (Å²) in [6, 6.07) is 7.06. The predicted octanol–water partition coefficient (Wildman–Crippen LogP) is 2.60. The van der Waals surface area contributed by atoms with Crippen LogP contribution in [0.2, 0.25) is 0 Å². The van der Waals surface area contributed by atoms with E-state index in [0.29, 0.717) is 23.5 Å². The Balaban J connectivity index is 1.92. The lowest BCUT2D eigenvalue weighted by Gasteiger charge is -2.27. The summed E-state index contributed by atoms with van der Waals surface area (Å²) in [4.78, 5) is 17.8. The van der Waals surface area contributed by atoms with Gasteiger partial charge in [-0.3, -0.25) is 14.7 Å². The van der Waals surface area contributed by atoms with Crippen LogP contribution in [0.15, 0.2) is 30.5 Å². The summed E-state index contributed by atoms with van der Waals surface area (Å²) < 4.78 is 13.9. The van der Waals surface area contributed by atoms with E-state index in [2.05, 4.69) is 9.88 Å². The first-order valence-corrected chi connectivity index (χ1v) is 7.69. The molecule has 5 heteroatoms. The number of carbonyl (C=O) groups excluding carboxylic acids is 1. The van der Waals surface area contributed by atoms with Gasteiger partial charge in [0, 0.05) is 24.2 Å². The first kappa shape index (κ1) is 14.9. The summed E-state index contributed by atoms with van der Waals surface area (Å²) in [7, 11) is 0. The molecule has 0 saturated heterocycles. The molecule has 1 saturated carbocycles. The van der Waals surface area contributed by atoms with E-state index >= 15 is 0 Å². The van der Waals surface area contributed by atoms with Crippen LogP contribution in [-0.2, 0) is 11.3 Å². The molecule has 22 heavy (non-hydrogen) atoms. The topological polar surface area (TPSA) is 59.2 Å². The van der Waals surface area contributed by atoms with Crippen molar-refractivity contribution in [2.45, 2.75) is 38.3 Å². The Bertz CT molecular complexity index is 683. The van der Waals surface area contributed by atoms with Crippen LogP contribution in [0.25, 0.3) is 10.9 Å². The number of nitrogens with two attached hydrogens (primary N) is 1. The maximum Gasteiger partial charge on any atom is 0.231 e. The number of hydrogen-bond acceptors (Lipinski definition) is 3. The molecular weight excluding hydrogens is 281 g/mol. The second kappa shape index (κ2) is 6.40. The summed E-state index contributed by atoms with van der Waals surface area (Å²) in [6.07, 6.45) is 6.20. The van der Waals surface area contributed by atoms with Gasteiger partial charge in [-0.1, -0.05) is 18.9 Å². The van der Waals surface area contributed by atoms with Crippen molar-refractivity contribution < 1.29 is 9.18 Å². The van der Waals surface area contributed by atoms with Crippen LogP contribution in [0.5, 0.6) is 0 Å². The van der Waals surface area contributed by atoms with Crippen LogP contribution in [-0.4, -0.2) is 28.4 Å². The van der Waals surface area contributed by atoms with Crippen LogP contribution < -0.4 is 5.73 Å². The quantitative estimate of drug-likeness (QED) is 0.923. The minimum Gasteiger partial charge on any atom is -0.369 e. The van der Waals surface area contributed by atoms with Crippen LogP contribution in [0.4, 0.5) is 4.39 Å². The van der Waals surface area contributed by atoms with Gasteiger partial charge in [-0.05, 0) is 36.6 Å². The van der Waals surface area contributed by atoms with Crippen molar-refractivity contribution in [2.24, 2.45) is 5.73 Å². The van der Waals surface area contributed by atoms with Gasteiger partial charge in [-0.15, -0.1) is 0 Å². The van der Waals surface area contributed by atoms with Gasteiger partial charge in [-0.25, -0.2) is 4.39 Å². The first-order valence-electron chi connectivity index (χ1n) is 7.69. The molecule has 1 aliphatic carbocycles. The van der Waals surface area contributed by atoms with E-state index < -0.39 is 0 Å². The Hall–Kier alpha value is -2.01. The average molecular weight is 301 g/mol. The number of primary amides is 1. The molecule has 0 spiro atoms. The fourth-order valence-corrected chi connectivity index (χ4v) is 3.33. The summed E-state index contributed by atoms with van der Waals surface area (Å²) in [5.41, 5.74) is 6.99. The maximum absolute atomic E-state index is 13.9. The van der Waals surface area contributed by atoms with Crippen molar-refractivity contribution in [3.63, 3.8) is 0 Å². The third kappa shape index (κ3) is 3.09. The minimum absolute atomic E-state index is 0.233. The second-order valence-electron chi connectivity index (χ2n) is 5.92. The fourth-order valence-electron chi connectivity index (χ4n) is 3.33. The smallest absolute Gasteiger partial charge is 0.231 e. The second-order valence-corrected chi connectivity index (χ2v) is 5.92. The molecule has 0 radical (unpaired) electrons. The predicted molar refractivity (Wildman–Crippen MR) is 83.6 cm³/mol.